The lowest BCUT2D eigenvalue weighted by Gasteiger charge is -2.06. The number of aromatic nitrogens is 2. The smallest absolute Gasteiger partial charge is 0.361 e. The first kappa shape index (κ1) is 13.9. The van der Waals surface area contributed by atoms with Crippen LogP contribution in [0.4, 0.5) is 5.82 Å². The van der Waals surface area contributed by atoms with E-state index in [2.05, 4.69) is 15.3 Å². The molecular weight excluding hydrogens is 236 g/mol. The number of nitrogens with two attached hydrogens (primary N) is 1. The van der Waals surface area contributed by atoms with E-state index < -0.39 is 5.97 Å². The number of rotatable bonds is 6. The van der Waals surface area contributed by atoms with Gasteiger partial charge in [-0.3, -0.25) is 4.79 Å². The highest BCUT2D eigenvalue weighted by Gasteiger charge is 2.14. The quantitative estimate of drug-likeness (QED) is 0.550. The Morgan fingerprint density at radius 3 is 2.78 bits per heavy atom. The van der Waals surface area contributed by atoms with Gasteiger partial charge in [0.05, 0.1) is 0 Å². The van der Waals surface area contributed by atoms with Crippen LogP contribution in [-0.2, 0) is 9.53 Å². The van der Waals surface area contributed by atoms with Crippen LogP contribution in [0.5, 0.6) is 0 Å². The first-order valence-corrected chi connectivity index (χ1v) is 5.65. The minimum atomic E-state index is -0.758. The van der Waals surface area contributed by atoms with Crippen molar-refractivity contribution in [1.82, 2.24) is 15.3 Å². The molecule has 98 valence electrons. The fraction of sp³-hybridized carbons (Fsp3) is 0.455. The molecule has 0 spiro atoms. The van der Waals surface area contributed by atoms with Crippen molar-refractivity contribution in [2.24, 2.45) is 0 Å². The lowest BCUT2D eigenvalue weighted by molar-refractivity contribution is -0.124. The number of nitrogen functional groups attached to an aromatic ring is 1. The van der Waals surface area contributed by atoms with E-state index in [9.17, 15) is 9.59 Å². The minimum Gasteiger partial charge on any atom is -0.451 e. The molecule has 7 nitrogen and oxygen atoms in total. The maximum absolute atomic E-state index is 11.5. The number of hydrogen-bond donors (Lipinski definition) is 2. The summed E-state index contributed by atoms with van der Waals surface area (Å²) < 4.78 is 4.77. The molecule has 1 aromatic heterocycles. The third-order valence-corrected chi connectivity index (χ3v) is 2.11. The summed E-state index contributed by atoms with van der Waals surface area (Å²) in [5.41, 5.74) is 5.37. The summed E-state index contributed by atoms with van der Waals surface area (Å²) in [6.07, 6.45) is 4.56. The largest absolute Gasteiger partial charge is 0.451 e. The molecule has 1 aromatic rings. The molecule has 18 heavy (non-hydrogen) atoms. The van der Waals surface area contributed by atoms with Gasteiger partial charge in [0, 0.05) is 18.9 Å². The summed E-state index contributed by atoms with van der Waals surface area (Å²) in [5, 5.41) is 2.62. The average molecular weight is 252 g/mol. The summed E-state index contributed by atoms with van der Waals surface area (Å²) in [4.78, 5) is 30.2. The van der Waals surface area contributed by atoms with Crippen molar-refractivity contribution in [3.63, 3.8) is 0 Å². The molecule has 3 N–H and O–H groups in total. The van der Waals surface area contributed by atoms with Crippen molar-refractivity contribution >= 4 is 17.7 Å². The van der Waals surface area contributed by atoms with Crippen molar-refractivity contribution in [2.75, 3.05) is 18.9 Å². The second kappa shape index (κ2) is 7.21. The van der Waals surface area contributed by atoms with E-state index in [0.717, 1.165) is 12.8 Å². The van der Waals surface area contributed by atoms with Crippen molar-refractivity contribution in [3.05, 3.63) is 18.1 Å². The highest BCUT2D eigenvalue weighted by molar-refractivity contribution is 5.93. The van der Waals surface area contributed by atoms with Gasteiger partial charge >= 0.3 is 5.97 Å². The third-order valence-electron chi connectivity index (χ3n) is 2.11. The molecule has 0 saturated heterocycles. The SMILES string of the molecule is CCCCNC(=O)COC(=O)c1nccnc1N. The number of carbonyl (C=O) groups excluding carboxylic acids is 2. The van der Waals surface area contributed by atoms with Crippen molar-refractivity contribution < 1.29 is 14.3 Å². The predicted molar refractivity (Wildman–Crippen MR) is 64.6 cm³/mol. The fourth-order valence-electron chi connectivity index (χ4n) is 1.16. The van der Waals surface area contributed by atoms with Crippen LogP contribution < -0.4 is 11.1 Å². The fourth-order valence-corrected chi connectivity index (χ4v) is 1.16. The van der Waals surface area contributed by atoms with Crippen LogP contribution >= 0.6 is 0 Å². The van der Waals surface area contributed by atoms with E-state index in [1.165, 1.54) is 12.4 Å². The standard InChI is InChI=1S/C11H16N4O3/c1-2-3-4-13-8(16)7-18-11(17)9-10(12)15-6-5-14-9/h5-6H,2-4,7H2,1H3,(H2,12,15)(H,13,16). The van der Waals surface area contributed by atoms with Crippen LogP contribution in [-0.4, -0.2) is 35.0 Å². The Balaban J connectivity index is 2.38. The van der Waals surface area contributed by atoms with Crippen LogP contribution in [0.3, 0.4) is 0 Å². The molecular formula is C11H16N4O3. The van der Waals surface area contributed by atoms with Crippen LogP contribution in [0.1, 0.15) is 30.3 Å². The average Bonchev–Trinajstić information content (AvgIpc) is 2.37. The Kier molecular flexibility index (Phi) is 5.56. The summed E-state index contributed by atoms with van der Waals surface area (Å²) in [6.45, 7) is 2.24. The first-order valence-electron chi connectivity index (χ1n) is 5.65. The number of unbranched alkanes of at least 4 members (excludes halogenated alkanes) is 1. The first-order chi connectivity index (χ1) is 8.65. The number of hydrogen-bond acceptors (Lipinski definition) is 6. The number of nitrogens with one attached hydrogen (secondary N) is 1. The van der Waals surface area contributed by atoms with Gasteiger partial charge in [0.2, 0.25) is 0 Å². The number of carbonyl (C=O) groups is 2. The maximum Gasteiger partial charge on any atom is 0.361 e. The molecule has 0 unspecified atom stereocenters. The van der Waals surface area contributed by atoms with E-state index in [1.54, 1.807) is 0 Å². The summed E-state index contributed by atoms with van der Waals surface area (Å²) in [5.74, 6) is -1.13. The summed E-state index contributed by atoms with van der Waals surface area (Å²) >= 11 is 0. The Labute approximate surface area is 105 Å². The summed E-state index contributed by atoms with van der Waals surface area (Å²) in [7, 11) is 0. The van der Waals surface area contributed by atoms with Gasteiger partial charge < -0.3 is 15.8 Å². The number of ether oxygens (including phenoxy) is 1. The lowest BCUT2D eigenvalue weighted by Crippen LogP contribution is -2.29. The second-order valence-electron chi connectivity index (χ2n) is 3.57. The zero-order valence-corrected chi connectivity index (χ0v) is 10.2. The zero-order valence-electron chi connectivity index (χ0n) is 10.2. The van der Waals surface area contributed by atoms with Gasteiger partial charge in [0.15, 0.2) is 18.1 Å². The molecule has 1 amide bonds. The van der Waals surface area contributed by atoms with Gasteiger partial charge in [-0.1, -0.05) is 13.3 Å². The van der Waals surface area contributed by atoms with E-state index in [0.29, 0.717) is 6.54 Å². The molecule has 0 aliphatic carbocycles. The maximum atomic E-state index is 11.5. The molecule has 7 heteroatoms. The van der Waals surface area contributed by atoms with Gasteiger partial charge in [-0.15, -0.1) is 0 Å². The van der Waals surface area contributed by atoms with E-state index in [4.69, 9.17) is 10.5 Å². The highest BCUT2D eigenvalue weighted by Crippen LogP contribution is 2.04. The molecule has 0 saturated carbocycles. The molecule has 0 fully saturated rings. The Bertz CT molecular complexity index is 423. The normalized spacial score (nSPS) is 9.83. The minimum absolute atomic E-state index is 0.0195. The lowest BCUT2D eigenvalue weighted by atomic mass is 10.3. The molecule has 0 atom stereocenters. The summed E-state index contributed by atoms with van der Waals surface area (Å²) in [6, 6.07) is 0. The van der Waals surface area contributed by atoms with Gasteiger partial charge in [0.1, 0.15) is 0 Å². The van der Waals surface area contributed by atoms with E-state index in [-0.39, 0.29) is 24.0 Å². The molecule has 1 rings (SSSR count). The number of nitrogens with zero attached hydrogens (tertiary/aromatic N) is 2. The topological polar surface area (TPSA) is 107 Å². The van der Waals surface area contributed by atoms with Gasteiger partial charge in [-0.05, 0) is 6.42 Å². The molecule has 0 aliphatic heterocycles. The molecule has 0 aliphatic rings. The number of anilines is 1. The molecule has 0 radical (unpaired) electrons. The van der Waals surface area contributed by atoms with Gasteiger partial charge in [-0.25, -0.2) is 14.8 Å². The van der Waals surface area contributed by atoms with Crippen LogP contribution in [0.2, 0.25) is 0 Å². The highest BCUT2D eigenvalue weighted by atomic mass is 16.5. The second-order valence-corrected chi connectivity index (χ2v) is 3.57. The van der Waals surface area contributed by atoms with E-state index >= 15 is 0 Å². The van der Waals surface area contributed by atoms with Crippen LogP contribution in [0.25, 0.3) is 0 Å². The van der Waals surface area contributed by atoms with Gasteiger partial charge in [0.25, 0.3) is 5.91 Å². The van der Waals surface area contributed by atoms with Gasteiger partial charge in [-0.2, -0.15) is 0 Å². The number of esters is 1. The van der Waals surface area contributed by atoms with Crippen molar-refractivity contribution in [2.45, 2.75) is 19.8 Å². The van der Waals surface area contributed by atoms with Crippen LogP contribution in [0, 0.1) is 0 Å². The predicted octanol–water partition coefficient (Wildman–Crippen LogP) is 0.132. The monoisotopic (exact) mass is 252 g/mol. The Hall–Kier alpha value is -2.18. The zero-order chi connectivity index (χ0) is 13.4. The molecule has 0 aromatic carbocycles. The third kappa shape index (κ3) is 4.36. The van der Waals surface area contributed by atoms with E-state index in [1.807, 2.05) is 6.92 Å². The molecule has 1 heterocycles. The number of amides is 1. The molecule has 0 bridgehead atoms. The van der Waals surface area contributed by atoms with Crippen molar-refractivity contribution in [1.29, 1.82) is 0 Å². The Morgan fingerprint density at radius 2 is 2.11 bits per heavy atom. The van der Waals surface area contributed by atoms with Crippen molar-refractivity contribution in [3.8, 4) is 0 Å². The Morgan fingerprint density at radius 1 is 1.39 bits per heavy atom. The van der Waals surface area contributed by atoms with Crippen LogP contribution in [0.15, 0.2) is 12.4 Å².